The van der Waals surface area contributed by atoms with Crippen molar-refractivity contribution in [1.82, 2.24) is 15.5 Å². The van der Waals surface area contributed by atoms with Crippen LogP contribution < -0.4 is 10.6 Å². The third-order valence-electron chi connectivity index (χ3n) is 4.98. The topological polar surface area (TPSA) is 48.9 Å². The third-order valence-corrected chi connectivity index (χ3v) is 4.98. The Hall–Kier alpha value is -2.44. The van der Waals surface area contributed by atoms with Gasteiger partial charge in [-0.2, -0.15) is 0 Å². The summed E-state index contributed by atoms with van der Waals surface area (Å²) in [5.41, 5.74) is 2.39. The van der Waals surface area contributed by atoms with Gasteiger partial charge in [0, 0.05) is 33.2 Å². The highest BCUT2D eigenvalue weighted by atomic mass is 19.1. The highest BCUT2D eigenvalue weighted by Crippen LogP contribution is 2.20. The zero-order valence-corrected chi connectivity index (χ0v) is 16.4. The van der Waals surface area contributed by atoms with Crippen molar-refractivity contribution in [3.63, 3.8) is 0 Å². The molecule has 0 bridgehead atoms. The van der Waals surface area contributed by atoms with Crippen LogP contribution in [0.5, 0.6) is 0 Å². The van der Waals surface area contributed by atoms with Gasteiger partial charge in [-0.05, 0) is 29.7 Å². The predicted molar refractivity (Wildman–Crippen MR) is 111 cm³/mol. The maximum atomic E-state index is 13.0. The molecule has 150 valence electrons. The van der Waals surface area contributed by atoms with Crippen LogP contribution in [0.1, 0.15) is 17.2 Å². The molecule has 0 radical (unpaired) electrons. The second-order valence-electron chi connectivity index (χ2n) is 6.83. The van der Waals surface area contributed by atoms with Gasteiger partial charge in [0.2, 0.25) is 0 Å². The molecule has 1 fully saturated rings. The minimum absolute atomic E-state index is 0.204. The summed E-state index contributed by atoms with van der Waals surface area (Å²) in [6, 6.07) is 17.4. The van der Waals surface area contributed by atoms with Gasteiger partial charge in [-0.25, -0.2) is 4.39 Å². The molecule has 0 aliphatic carbocycles. The Morgan fingerprint density at radius 3 is 2.46 bits per heavy atom. The molecule has 0 aromatic heterocycles. The van der Waals surface area contributed by atoms with Crippen molar-refractivity contribution in [2.75, 3.05) is 46.4 Å². The van der Waals surface area contributed by atoms with E-state index in [0.717, 1.165) is 57.3 Å². The van der Waals surface area contributed by atoms with E-state index in [2.05, 4.69) is 44.8 Å². The minimum atomic E-state index is -0.204. The Morgan fingerprint density at radius 2 is 1.79 bits per heavy atom. The van der Waals surface area contributed by atoms with Crippen molar-refractivity contribution in [1.29, 1.82) is 0 Å². The first-order chi connectivity index (χ1) is 13.8. The summed E-state index contributed by atoms with van der Waals surface area (Å²) < 4.78 is 18.5. The van der Waals surface area contributed by atoms with E-state index in [0.29, 0.717) is 0 Å². The number of halogens is 1. The second kappa shape index (κ2) is 10.8. The number of benzene rings is 2. The fraction of sp³-hybridized carbons (Fsp3) is 0.409. The molecule has 6 heteroatoms. The number of aliphatic imine (C=N–C) groups is 1. The molecule has 0 saturated carbocycles. The molecule has 1 aliphatic rings. The summed E-state index contributed by atoms with van der Waals surface area (Å²) >= 11 is 0. The summed E-state index contributed by atoms with van der Waals surface area (Å²) in [7, 11) is 1.78. The van der Waals surface area contributed by atoms with Crippen LogP contribution >= 0.6 is 0 Å². The average Bonchev–Trinajstić information content (AvgIpc) is 2.75. The first kappa shape index (κ1) is 20.3. The zero-order chi connectivity index (χ0) is 19.6. The van der Waals surface area contributed by atoms with Gasteiger partial charge in [-0.3, -0.25) is 9.89 Å². The summed E-state index contributed by atoms with van der Waals surface area (Å²) in [5.74, 6) is 0.570. The number of morpholine rings is 1. The van der Waals surface area contributed by atoms with Crippen LogP contribution in [-0.2, 0) is 11.2 Å². The molecule has 1 heterocycles. The van der Waals surface area contributed by atoms with Crippen LogP contribution in [0.3, 0.4) is 0 Å². The molecule has 2 N–H and O–H groups in total. The van der Waals surface area contributed by atoms with E-state index in [9.17, 15) is 4.39 Å². The van der Waals surface area contributed by atoms with Gasteiger partial charge in [0.15, 0.2) is 5.96 Å². The quantitative estimate of drug-likeness (QED) is 0.569. The Bertz CT molecular complexity index is 730. The number of nitrogens with one attached hydrogen (secondary N) is 2. The Morgan fingerprint density at radius 1 is 1.07 bits per heavy atom. The summed E-state index contributed by atoms with van der Waals surface area (Å²) in [4.78, 5) is 6.79. The van der Waals surface area contributed by atoms with E-state index < -0.39 is 0 Å². The number of rotatable bonds is 7. The smallest absolute Gasteiger partial charge is 0.191 e. The molecule has 2 aromatic rings. The summed E-state index contributed by atoms with van der Waals surface area (Å²) in [5, 5.41) is 6.80. The monoisotopic (exact) mass is 384 g/mol. The first-order valence-electron chi connectivity index (χ1n) is 9.82. The minimum Gasteiger partial charge on any atom is -0.379 e. The van der Waals surface area contributed by atoms with E-state index >= 15 is 0 Å². The second-order valence-corrected chi connectivity index (χ2v) is 6.83. The molecule has 28 heavy (non-hydrogen) atoms. The lowest BCUT2D eigenvalue weighted by Gasteiger charge is -2.35. The lowest BCUT2D eigenvalue weighted by Crippen LogP contribution is -2.46. The third kappa shape index (κ3) is 6.04. The van der Waals surface area contributed by atoms with Crippen LogP contribution in [0.15, 0.2) is 59.6 Å². The summed E-state index contributed by atoms with van der Waals surface area (Å²) in [6.45, 7) is 4.90. The Kier molecular flexibility index (Phi) is 7.82. The number of hydrogen-bond acceptors (Lipinski definition) is 3. The van der Waals surface area contributed by atoms with Gasteiger partial charge in [0.05, 0.1) is 19.3 Å². The normalized spacial score (nSPS) is 16.6. The molecule has 1 aliphatic heterocycles. The molecule has 0 spiro atoms. The fourth-order valence-corrected chi connectivity index (χ4v) is 3.41. The molecular weight excluding hydrogens is 355 g/mol. The van der Waals surface area contributed by atoms with Gasteiger partial charge in [0.25, 0.3) is 0 Å². The van der Waals surface area contributed by atoms with E-state index in [-0.39, 0.29) is 11.9 Å². The van der Waals surface area contributed by atoms with Gasteiger partial charge >= 0.3 is 0 Å². The Balaban J connectivity index is 1.53. The predicted octanol–water partition coefficient (Wildman–Crippen LogP) is 2.61. The van der Waals surface area contributed by atoms with Crippen molar-refractivity contribution in [3.05, 3.63) is 71.5 Å². The average molecular weight is 384 g/mol. The van der Waals surface area contributed by atoms with E-state index in [4.69, 9.17) is 4.74 Å². The van der Waals surface area contributed by atoms with Gasteiger partial charge < -0.3 is 15.4 Å². The van der Waals surface area contributed by atoms with Crippen molar-refractivity contribution in [2.45, 2.75) is 12.5 Å². The zero-order valence-electron chi connectivity index (χ0n) is 16.4. The molecule has 1 atom stereocenters. The first-order valence-corrected chi connectivity index (χ1v) is 9.82. The maximum absolute atomic E-state index is 13.0. The van der Waals surface area contributed by atoms with E-state index in [1.807, 2.05) is 18.2 Å². The van der Waals surface area contributed by atoms with E-state index in [1.165, 1.54) is 17.7 Å². The molecule has 1 unspecified atom stereocenters. The molecule has 2 aromatic carbocycles. The molecule has 1 saturated heterocycles. The van der Waals surface area contributed by atoms with Crippen molar-refractivity contribution >= 4 is 5.96 Å². The van der Waals surface area contributed by atoms with Gasteiger partial charge in [-0.15, -0.1) is 0 Å². The lowest BCUT2D eigenvalue weighted by atomic mass is 10.0. The molecule has 3 rings (SSSR count). The van der Waals surface area contributed by atoms with Crippen molar-refractivity contribution in [3.8, 4) is 0 Å². The largest absolute Gasteiger partial charge is 0.379 e. The van der Waals surface area contributed by atoms with Gasteiger partial charge in [-0.1, -0.05) is 42.5 Å². The number of ether oxygens (including phenoxy) is 1. The Labute approximate surface area is 166 Å². The highest BCUT2D eigenvalue weighted by Gasteiger charge is 2.22. The van der Waals surface area contributed by atoms with Crippen molar-refractivity contribution < 1.29 is 9.13 Å². The number of hydrogen-bond donors (Lipinski definition) is 2. The molecule has 5 nitrogen and oxygen atoms in total. The SMILES string of the molecule is CN=C(NCCc1ccc(F)cc1)NCC(c1ccccc1)N1CCOCC1. The molecular formula is C22H29FN4O. The number of nitrogens with zero attached hydrogens (tertiary/aromatic N) is 2. The fourth-order valence-electron chi connectivity index (χ4n) is 3.41. The standard InChI is InChI=1S/C22H29FN4O/c1-24-22(25-12-11-18-7-9-20(23)10-8-18)26-17-21(19-5-3-2-4-6-19)27-13-15-28-16-14-27/h2-10,21H,11-17H2,1H3,(H2,24,25,26). The molecule has 0 amide bonds. The van der Waals surface area contributed by atoms with Crippen LogP contribution in [0, 0.1) is 5.82 Å². The van der Waals surface area contributed by atoms with Gasteiger partial charge in [0.1, 0.15) is 5.82 Å². The van der Waals surface area contributed by atoms with Crippen LogP contribution in [0.4, 0.5) is 4.39 Å². The van der Waals surface area contributed by atoms with Crippen LogP contribution in [0.25, 0.3) is 0 Å². The van der Waals surface area contributed by atoms with Crippen molar-refractivity contribution in [2.24, 2.45) is 4.99 Å². The number of guanidine groups is 1. The van der Waals surface area contributed by atoms with E-state index in [1.54, 1.807) is 7.05 Å². The van der Waals surface area contributed by atoms with Crippen LogP contribution in [0.2, 0.25) is 0 Å². The highest BCUT2D eigenvalue weighted by molar-refractivity contribution is 5.79. The maximum Gasteiger partial charge on any atom is 0.191 e. The lowest BCUT2D eigenvalue weighted by molar-refractivity contribution is 0.0170. The van der Waals surface area contributed by atoms with Crippen LogP contribution in [-0.4, -0.2) is 57.3 Å². The summed E-state index contributed by atoms with van der Waals surface area (Å²) in [6.07, 6.45) is 0.812.